The van der Waals surface area contributed by atoms with Gasteiger partial charge in [-0.25, -0.2) is 0 Å². The fourth-order valence-electron chi connectivity index (χ4n) is 2.17. The van der Waals surface area contributed by atoms with Crippen LogP contribution in [0.25, 0.3) is 0 Å². The molecule has 0 bridgehead atoms. The lowest BCUT2D eigenvalue weighted by Crippen LogP contribution is -2.39. The Bertz CT molecular complexity index is 299. The summed E-state index contributed by atoms with van der Waals surface area (Å²) in [7, 11) is 0. The lowest BCUT2D eigenvalue weighted by Gasteiger charge is -2.33. The molecule has 3 heteroatoms. The summed E-state index contributed by atoms with van der Waals surface area (Å²) in [5.74, 6) is 0.120. The zero-order valence-electron chi connectivity index (χ0n) is 10.9. The van der Waals surface area contributed by atoms with Gasteiger partial charge in [0.05, 0.1) is 5.41 Å². The lowest BCUT2D eigenvalue weighted by molar-refractivity contribution is -0.170. The van der Waals surface area contributed by atoms with Crippen LogP contribution in [0.2, 0.25) is 0 Å². The molecular formula is C13H22O3. The standard InChI is InChI=1S/C13H22O3/c1-9(2)13(7-6-10(14)8-13)11(15)16-12(3,4)5/h9H,6-8H2,1-5H3/t13-/m1/s1. The summed E-state index contributed by atoms with van der Waals surface area (Å²) in [6, 6.07) is 0. The first-order valence-electron chi connectivity index (χ1n) is 5.92. The molecule has 16 heavy (non-hydrogen) atoms. The van der Waals surface area contributed by atoms with E-state index in [-0.39, 0.29) is 17.7 Å². The minimum atomic E-state index is -0.579. The van der Waals surface area contributed by atoms with Crippen LogP contribution in [0.5, 0.6) is 0 Å². The Labute approximate surface area is 97.5 Å². The minimum absolute atomic E-state index is 0.147. The Morgan fingerprint density at radius 3 is 2.25 bits per heavy atom. The first-order chi connectivity index (χ1) is 7.17. The van der Waals surface area contributed by atoms with E-state index in [0.717, 1.165) is 0 Å². The number of Topliss-reactive ketones (excluding diaryl/α,β-unsaturated/α-hetero) is 1. The number of ether oxygens (including phenoxy) is 1. The van der Waals surface area contributed by atoms with Crippen molar-refractivity contribution in [3.8, 4) is 0 Å². The second-order valence-electron chi connectivity index (χ2n) is 6.03. The number of ketones is 1. The van der Waals surface area contributed by atoms with E-state index in [1.54, 1.807) is 0 Å². The Kier molecular flexibility index (Phi) is 3.46. The topological polar surface area (TPSA) is 43.4 Å². The van der Waals surface area contributed by atoms with Crippen molar-refractivity contribution in [3.63, 3.8) is 0 Å². The highest BCUT2D eigenvalue weighted by Crippen LogP contribution is 2.44. The van der Waals surface area contributed by atoms with Gasteiger partial charge in [0.2, 0.25) is 0 Å². The van der Waals surface area contributed by atoms with E-state index in [1.807, 2.05) is 34.6 Å². The predicted molar refractivity (Wildman–Crippen MR) is 62.0 cm³/mol. The molecular weight excluding hydrogens is 204 g/mol. The molecule has 1 fully saturated rings. The van der Waals surface area contributed by atoms with Crippen LogP contribution in [0, 0.1) is 11.3 Å². The normalized spacial score (nSPS) is 26.2. The molecule has 0 saturated heterocycles. The highest BCUT2D eigenvalue weighted by molar-refractivity contribution is 5.91. The van der Waals surface area contributed by atoms with Crippen molar-refractivity contribution < 1.29 is 14.3 Å². The highest BCUT2D eigenvalue weighted by Gasteiger charge is 2.49. The molecule has 3 nitrogen and oxygen atoms in total. The van der Waals surface area contributed by atoms with Crippen molar-refractivity contribution in [3.05, 3.63) is 0 Å². The van der Waals surface area contributed by atoms with Crippen LogP contribution >= 0.6 is 0 Å². The number of hydrogen-bond donors (Lipinski definition) is 0. The van der Waals surface area contributed by atoms with Crippen LogP contribution in [0.4, 0.5) is 0 Å². The molecule has 0 aromatic carbocycles. The maximum Gasteiger partial charge on any atom is 0.313 e. The summed E-state index contributed by atoms with van der Waals surface area (Å²) in [4.78, 5) is 23.6. The summed E-state index contributed by atoms with van der Waals surface area (Å²) in [6.07, 6.45) is 1.50. The van der Waals surface area contributed by atoms with Gasteiger partial charge in [0, 0.05) is 12.8 Å². The molecule has 1 saturated carbocycles. The lowest BCUT2D eigenvalue weighted by atomic mass is 9.75. The van der Waals surface area contributed by atoms with Crippen LogP contribution in [0.15, 0.2) is 0 Å². The first-order valence-corrected chi connectivity index (χ1v) is 5.92. The van der Waals surface area contributed by atoms with Crippen LogP contribution in [-0.2, 0) is 14.3 Å². The van der Waals surface area contributed by atoms with E-state index in [9.17, 15) is 9.59 Å². The highest BCUT2D eigenvalue weighted by atomic mass is 16.6. The molecule has 0 radical (unpaired) electrons. The fraction of sp³-hybridized carbons (Fsp3) is 0.846. The van der Waals surface area contributed by atoms with Crippen molar-refractivity contribution in [1.29, 1.82) is 0 Å². The molecule has 0 spiro atoms. The monoisotopic (exact) mass is 226 g/mol. The third kappa shape index (κ3) is 2.63. The number of rotatable bonds is 2. The van der Waals surface area contributed by atoms with Gasteiger partial charge in [0.25, 0.3) is 0 Å². The Morgan fingerprint density at radius 2 is 1.94 bits per heavy atom. The summed E-state index contributed by atoms with van der Waals surface area (Å²) in [5.41, 5.74) is -1.06. The third-order valence-corrected chi connectivity index (χ3v) is 3.27. The summed E-state index contributed by atoms with van der Waals surface area (Å²) in [5, 5.41) is 0. The van der Waals surface area contributed by atoms with Crippen molar-refractivity contribution in [2.75, 3.05) is 0 Å². The molecule has 0 N–H and O–H groups in total. The summed E-state index contributed by atoms with van der Waals surface area (Å²) < 4.78 is 5.44. The molecule has 0 aromatic heterocycles. The average molecular weight is 226 g/mol. The molecule has 1 aliphatic rings. The van der Waals surface area contributed by atoms with Crippen molar-refractivity contribution >= 4 is 11.8 Å². The van der Waals surface area contributed by atoms with Gasteiger partial charge in [0.15, 0.2) is 0 Å². The van der Waals surface area contributed by atoms with Crippen LogP contribution in [0.3, 0.4) is 0 Å². The van der Waals surface area contributed by atoms with Gasteiger partial charge >= 0.3 is 5.97 Å². The zero-order chi connectivity index (χ0) is 12.6. The quantitative estimate of drug-likeness (QED) is 0.680. The maximum atomic E-state index is 12.2. The molecule has 1 aliphatic carbocycles. The molecule has 1 atom stereocenters. The van der Waals surface area contributed by atoms with E-state index < -0.39 is 11.0 Å². The summed E-state index contributed by atoms with van der Waals surface area (Å²) in [6.45, 7) is 9.55. The van der Waals surface area contributed by atoms with Gasteiger partial charge in [-0.1, -0.05) is 13.8 Å². The second kappa shape index (κ2) is 4.19. The largest absolute Gasteiger partial charge is 0.460 e. The maximum absolute atomic E-state index is 12.2. The first kappa shape index (κ1) is 13.2. The Hall–Kier alpha value is -0.860. The predicted octanol–water partition coefficient (Wildman–Crippen LogP) is 2.72. The van der Waals surface area contributed by atoms with Crippen LogP contribution in [0.1, 0.15) is 53.9 Å². The number of carbonyl (C=O) groups is 2. The SMILES string of the molecule is CC(C)[C@@]1(C(=O)OC(C)(C)C)CCC(=O)C1. The van der Waals surface area contributed by atoms with Crippen molar-refractivity contribution in [2.24, 2.45) is 11.3 Å². The van der Waals surface area contributed by atoms with Crippen molar-refractivity contribution in [1.82, 2.24) is 0 Å². The molecule has 1 rings (SSSR count). The molecule has 0 heterocycles. The van der Waals surface area contributed by atoms with Gasteiger partial charge in [-0.3, -0.25) is 9.59 Å². The van der Waals surface area contributed by atoms with Gasteiger partial charge in [0.1, 0.15) is 11.4 Å². The summed E-state index contributed by atoms with van der Waals surface area (Å²) >= 11 is 0. The third-order valence-electron chi connectivity index (χ3n) is 3.27. The van der Waals surface area contributed by atoms with Crippen molar-refractivity contribution in [2.45, 2.75) is 59.5 Å². The average Bonchev–Trinajstić information content (AvgIpc) is 2.45. The molecule has 0 aliphatic heterocycles. The number of esters is 1. The van der Waals surface area contributed by atoms with E-state index in [2.05, 4.69) is 0 Å². The van der Waals surface area contributed by atoms with E-state index in [1.165, 1.54) is 0 Å². The smallest absolute Gasteiger partial charge is 0.313 e. The Morgan fingerprint density at radius 1 is 1.38 bits per heavy atom. The second-order valence-corrected chi connectivity index (χ2v) is 6.03. The van der Waals surface area contributed by atoms with E-state index in [0.29, 0.717) is 19.3 Å². The molecule has 0 unspecified atom stereocenters. The minimum Gasteiger partial charge on any atom is -0.460 e. The fourth-order valence-corrected chi connectivity index (χ4v) is 2.17. The van der Waals surface area contributed by atoms with Gasteiger partial charge in [-0.05, 0) is 33.1 Å². The van der Waals surface area contributed by atoms with Gasteiger partial charge in [-0.2, -0.15) is 0 Å². The molecule has 0 aromatic rings. The van der Waals surface area contributed by atoms with Gasteiger partial charge in [-0.15, -0.1) is 0 Å². The van der Waals surface area contributed by atoms with Gasteiger partial charge < -0.3 is 4.74 Å². The van der Waals surface area contributed by atoms with E-state index in [4.69, 9.17) is 4.74 Å². The van der Waals surface area contributed by atoms with Crippen LogP contribution in [-0.4, -0.2) is 17.4 Å². The van der Waals surface area contributed by atoms with E-state index >= 15 is 0 Å². The number of carbonyl (C=O) groups excluding carboxylic acids is 2. The molecule has 92 valence electrons. The Balaban J connectivity index is 2.87. The molecule has 0 amide bonds. The van der Waals surface area contributed by atoms with Crippen LogP contribution < -0.4 is 0 Å². The number of hydrogen-bond acceptors (Lipinski definition) is 3. The zero-order valence-corrected chi connectivity index (χ0v) is 10.9.